The van der Waals surface area contributed by atoms with Crippen LogP contribution in [0.2, 0.25) is 0 Å². The summed E-state index contributed by atoms with van der Waals surface area (Å²) in [6.45, 7) is 0. The molecule has 2 heterocycles. The van der Waals surface area contributed by atoms with Gasteiger partial charge in [0.2, 0.25) is 0 Å². The molecule has 1 aromatic heterocycles. The molecule has 15 heavy (non-hydrogen) atoms. The van der Waals surface area contributed by atoms with Gasteiger partial charge >= 0.3 is 0 Å². The van der Waals surface area contributed by atoms with Crippen molar-refractivity contribution in [2.45, 2.75) is 0 Å². The summed E-state index contributed by atoms with van der Waals surface area (Å²) in [6.07, 6.45) is 5.52. The van der Waals surface area contributed by atoms with Gasteiger partial charge in [0.1, 0.15) is 0 Å². The van der Waals surface area contributed by atoms with Crippen LogP contribution in [0, 0.1) is 0 Å². The topological polar surface area (TPSA) is 65.7 Å². The van der Waals surface area contributed by atoms with Crippen molar-refractivity contribution in [3.8, 4) is 5.75 Å². The maximum absolute atomic E-state index is 5.36. The van der Waals surface area contributed by atoms with Crippen LogP contribution >= 0.6 is 0 Å². The number of fused-ring (bicyclic) bond motifs is 3. The highest BCUT2D eigenvalue weighted by Crippen LogP contribution is 2.30. The van der Waals surface area contributed by atoms with Crippen molar-refractivity contribution in [3.05, 3.63) is 42.2 Å². The third-order valence-corrected chi connectivity index (χ3v) is 2.26. The summed E-state index contributed by atoms with van der Waals surface area (Å²) < 4.78 is 0. The monoisotopic (exact) mass is 202 g/mol. The summed E-state index contributed by atoms with van der Waals surface area (Å²) >= 11 is 0. The Bertz CT molecular complexity index is 523. The van der Waals surface area contributed by atoms with E-state index in [1.807, 2.05) is 30.3 Å². The summed E-state index contributed by atoms with van der Waals surface area (Å²) in [5.74, 6) is 0.845. The van der Waals surface area contributed by atoms with Gasteiger partial charge in [0.15, 0.2) is 5.75 Å². The van der Waals surface area contributed by atoms with E-state index in [0.29, 0.717) is 0 Å². The molecule has 4 nitrogen and oxygen atoms in total. The smallest absolute Gasteiger partial charge is 0.171 e. The van der Waals surface area contributed by atoms with E-state index in [4.69, 9.17) is 4.84 Å². The van der Waals surface area contributed by atoms with Crippen LogP contribution in [0.1, 0.15) is 5.56 Å². The van der Waals surface area contributed by atoms with Gasteiger partial charge in [-0.3, -0.25) is 4.98 Å². The number of hydrogen-bond donors (Lipinski definition) is 1. The van der Waals surface area contributed by atoms with E-state index < -0.39 is 0 Å². The van der Waals surface area contributed by atoms with Crippen molar-refractivity contribution in [2.24, 2.45) is 0 Å². The second-order valence-corrected chi connectivity index (χ2v) is 3.11. The lowest BCUT2D eigenvalue weighted by molar-refractivity contribution is 0.242. The molecule has 1 aliphatic heterocycles. The lowest BCUT2D eigenvalue weighted by Gasteiger charge is -2.14. The van der Waals surface area contributed by atoms with E-state index in [9.17, 15) is 0 Å². The molecule has 0 bridgehead atoms. The highest BCUT2D eigenvalue weighted by molar-refractivity contribution is 5.89. The number of nitrogens with one attached hydrogen (secondary N) is 1. The van der Waals surface area contributed by atoms with E-state index in [2.05, 4.69) is 10.5 Å². The SMILES string of the molecule is C1=Cc2ccc3ncccc3c2ON1.O. The molecule has 2 aromatic rings. The molecule has 0 aliphatic carbocycles. The number of rotatable bonds is 0. The van der Waals surface area contributed by atoms with Crippen molar-refractivity contribution >= 4 is 17.0 Å². The minimum absolute atomic E-state index is 0. The third-order valence-electron chi connectivity index (χ3n) is 2.26. The van der Waals surface area contributed by atoms with Gasteiger partial charge in [-0.2, -0.15) is 0 Å². The standard InChI is InChI=1S/C11H8N2O.H2O/c1-2-9-10(12-6-1)4-3-8-5-7-13-14-11(8)9;/h1-7,13H;1H2. The Morgan fingerprint density at radius 1 is 1.20 bits per heavy atom. The maximum Gasteiger partial charge on any atom is 0.171 e. The average Bonchev–Trinajstić information content (AvgIpc) is 2.29. The van der Waals surface area contributed by atoms with Crippen molar-refractivity contribution in [2.75, 3.05) is 0 Å². The second-order valence-electron chi connectivity index (χ2n) is 3.11. The van der Waals surface area contributed by atoms with E-state index in [1.165, 1.54) is 0 Å². The predicted octanol–water partition coefficient (Wildman–Crippen LogP) is 1.28. The van der Waals surface area contributed by atoms with Gasteiger partial charge in [-0.15, -0.1) is 0 Å². The molecule has 0 radical (unpaired) electrons. The Labute approximate surface area is 86.5 Å². The molecule has 76 valence electrons. The first-order chi connectivity index (χ1) is 6.95. The highest BCUT2D eigenvalue weighted by Gasteiger charge is 2.09. The zero-order valence-electron chi connectivity index (χ0n) is 7.90. The molecule has 0 amide bonds. The van der Waals surface area contributed by atoms with Gasteiger partial charge in [0.05, 0.1) is 5.52 Å². The molecular weight excluding hydrogens is 192 g/mol. The molecule has 4 heteroatoms. The first-order valence-electron chi connectivity index (χ1n) is 4.42. The fraction of sp³-hybridized carbons (Fsp3) is 0. The molecule has 0 saturated heterocycles. The van der Waals surface area contributed by atoms with Crippen molar-refractivity contribution < 1.29 is 10.3 Å². The Morgan fingerprint density at radius 2 is 2.13 bits per heavy atom. The fourth-order valence-electron chi connectivity index (χ4n) is 1.60. The second kappa shape index (κ2) is 3.59. The van der Waals surface area contributed by atoms with Gasteiger partial charge in [0, 0.05) is 23.3 Å². The third kappa shape index (κ3) is 1.41. The van der Waals surface area contributed by atoms with E-state index in [-0.39, 0.29) is 5.48 Å². The van der Waals surface area contributed by atoms with Crippen LogP contribution in [0.25, 0.3) is 17.0 Å². The molecule has 0 atom stereocenters. The quantitative estimate of drug-likeness (QED) is 0.699. The number of pyridine rings is 1. The van der Waals surface area contributed by atoms with Crippen molar-refractivity contribution in [3.63, 3.8) is 0 Å². The van der Waals surface area contributed by atoms with Crippen molar-refractivity contribution in [1.29, 1.82) is 0 Å². The molecule has 0 unspecified atom stereocenters. The minimum atomic E-state index is 0. The summed E-state index contributed by atoms with van der Waals surface area (Å²) in [5, 5.41) is 1.03. The summed E-state index contributed by atoms with van der Waals surface area (Å²) in [6, 6.07) is 7.90. The Balaban J connectivity index is 0.000000853. The molecule has 0 fully saturated rings. The van der Waals surface area contributed by atoms with Gasteiger partial charge in [-0.05, 0) is 30.3 Å². The number of nitrogens with zero attached hydrogens (tertiary/aromatic N) is 1. The number of hydrogen-bond acceptors (Lipinski definition) is 3. The normalized spacial score (nSPS) is 12.3. The average molecular weight is 202 g/mol. The van der Waals surface area contributed by atoms with Gasteiger partial charge in [0.25, 0.3) is 0 Å². The summed E-state index contributed by atoms with van der Waals surface area (Å²) in [7, 11) is 0. The van der Waals surface area contributed by atoms with Crippen LogP contribution < -0.4 is 10.3 Å². The molecule has 0 saturated carbocycles. The fourth-order valence-corrected chi connectivity index (χ4v) is 1.60. The maximum atomic E-state index is 5.36. The first-order valence-corrected chi connectivity index (χ1v) is 4.42. The number of hydroxylamine groups is 1. The highest BCUT2D eigenvalue weighted by atomic mass is 16.6. The Morgan fingerprint density at radius 3 is 3.07 bits per heavy atom. The Hall–Kier alpha value is -2.07. The minimum Gasteiger partial charge on any atom is -0.412 e. The van der Waals surface area contributed by atoms with Crippen LogP contribution in [0.15, 0.2) is 36.7 Å². The number of aromatic nitrogens is 1. The van der Waals surface area contributed by atoms with Crippen LogP contribution in [-0.4, -0.2) is 10.5 Å². The van der Waals surface area contributed by atoms with E-state index in [1.54, 1.807) is 12.4 Å². The molecule has 3 N–H and O–H groups in total. The zero-order valence-corrected chi connectivity index (χ0v) is 7.90. The first kappa shape index (κ1) is 9.48. The number of benzene rings is 1. The van der Waals surface area contributed by atoms with E-state index >= 15 is 0 Å². The van der Waals surface area contributed by atoms with Crippen LogP contribution in [0.3, 0.4) is 0 Å². The molecule has 1 aromatic carbocycles. The van der Waals surface area contributed by atoms with E-state index in [0.717, 1.165) is 22.2 Å². The summed E-state index contributed by atoms with van der Waals surface area (Å²) in [4.78, 5) is 9.62. The molecule has 3 rings (SSSR count). The summed E-state index contributed by atoms with van der Waals surface area (Å²) in [5.41, 5.74) is 4.75. The van der Waals surface area contributed by atoms with Gasteiger partial charge in [-0.25, -0.2) is 5.48 Å². The van der Waals surface area contributed by atoms with Crippen LogP contribution in [0.5, 0.6) is 5.75 Å². The predicted molar refractivity (Wildman–Crippen MR) is 58.2 cm³/mol. The van der Waals surface area contributed by atoms with Gasteiger partial charge < -0.3 is 10.3 Å². The van der Waals surface area contributed by atoms with Crippen LogP contribution in [-0.2, 0) is 0 Å². The van der Waals surface area contributed by atoms with Crippen LogP contribution in [0.4, 0.5) is 0 Å². The lowest BCUT2D eigenvalue weighted by atomic mass is 10.1. The van der Waals surface area contributed by atoms with Gasteiger partial charge in [-0.1, -0.05) is 0 Å². The largest absolute Gasteiger partial charge is 0.412 e. The lowest BCUT2D eigenvalue weighted by Crippen LogP contribution is -2.14. The van der Waals surface area contributed by atoms with Crippen molar-refractivity contribution in [1.82, 2.24) is 10.5 Å². The molecular formula is C11H10N2O2. The Kier molecular flexibility index (Phi) is 2.27. The molecule has 1 aliphatic rings. The zero-order chi connectivity index (χ0) is 9.38. The molecule has 0 spiro atoms.